The molecule has 0 bridgehead atoms. The molecule has 1 heterocycles. The number of hydrogen-bond donors (Lipinski definition) is 3. The van der Waals surface area contributed by atoms with Gasteiger partial charge in [-0.1, -0.05) is 24.8 Å². The second kappa shape index (κ2) is 7.05. The largest absolute Gasteiger partial charge is 0.366 e. The van der Waals surface area contributed by atoms with Crippen LogP contribution in [-0.2, 0) is 17.6 Å². The second-order valence-corrected chi connectivity index (χ2v) is 5.80. The highest BCUT2D eigenvalue weighted by atomic mass is 16.1. The quantitative estimate of drug-likeness (QED) is 0.605. The molecule has 0 spiro atoms. The van der Waals surface area contributed by atoms with E-state index in [0.717, 1.165) is 40.6 Å². The van der Waals surface area contributed by atoms with E-state index in [4.69, 9.17) is 5.73 Å². The number of nitrogens with two attached hydrogens (primary N) is 1. The lowest BCUT2D eigenvalue weighted by molar-refractivity contribution is -0.111. The van der Waals surface area contributed by atoms with Crippen molar-refractivity contribution in [3.05, 3.63) is 78.0 Å². The Balaban J connectivity index is 1.79. The Hall–Kier alpha value is -3.34. The van der Waals surface area contributed by atoms with Crippen molar-refractivity contribution in [1.29, 1.82) is 0 Å². The van der Waals surface area contributed by atoms with E-state index >= 15 is 0 Å². The molecule has 0 unspecified atom stereocenters. The molecule has 0 aliphatic heterocycles. The van der Waals surface area contributed by atoms with Gasteiger partial charge in [0.2, 0.25) is 5.91 Å². The average molecular weight is 333 g/mol. The number of carbonyl (C=O) groups is 2. The van der Waals surface area contributed by atoms with Gasteiger partial charge < -0.3 is 16.0 Å². The summed E-state index contributed by atoms with van der Waals surface area (Å²) in [7, 11) is 0. The van der Waals surface area contributed by atoms with Gasteiger partial charge in [0, 0.05) is 17.3 Å². The van der Waals surface area contributed by atoms with Gasteiger partial charge in [-0.05, 0) is 54.3 Å². The summed E-state index contributed by atoms with van der Waals surface area (Å²) in [6.45, 7) is 3.45. The second-order valence-electron chi connectivity index (χ2n) is 5.80. The van der Waals surface area contributed by atoms with Crippen molar-refractivity contribution >= 4 is 28.4 Å². The Bertz CT molecular complexity index is 956. The summed E-state index contributed by atoms with van der Waals surface area (Å²) in [5.41, 5.74) is 9.70. The maximum absolute atomic E-state index is 11.5. The summed E-state index contributed by atoms with van der Waals surface area (Å²) in [4.78, 5) is 26.0. The van der Waals surface area contributed by atoms with E-state index in [9.17, 15) is 9.59 Å². The van der Waals surface area contributed by atoms with E-state index in [1.54, 1.807) is 6.07 Å². The third kappa shape index (κ3) is 3.61. The maximum Gasteiger partial charge on any atom is 0.250 e. The third-order valence-electron chi connectivity index (χ3n) is 4.14. The smallest absolute Gasteiger partial charge is 0.250 e. The van der Waals surface area contributed by atoms with E-state index < -0.39 is 5.91 Å². The number of anilines is 1. The van der Waals surface area contributed by atoms with Crippen molar-refractivity contribution in [3.8, 4) is 0 Å². The monoisotopic (exact) mass is 333 g/mol. The fraction of sp³-hybridized carbons (Fsp3) is 0.100. The van der Waals surface area contributed by atoms with Crippen LogP contribution in [0.15, 0.2) is 61.3 Å². The Morgan fingerprint density at radius 3 is 2.76 bits per heavy atom. The van der Waals surface area contributed by atoms with Gasteiger partial charge in [0.15, 0.2) is 0 Å². The lowest BCUT2D eigenvalue weighted by Gasteiger charge is -2.08. The number of rotatable bonds is 6. The fourth-order valence-corrected chi connectivity index (χ4v) is 2.92. The number of nitrogens with one attached hydrogen (secondary N) is 2. The summed E-state index contributed by atoms with van der Waals surface area (Å²) in [5.74, 6) is -0.669. The molecule has 126 valence electrons. The molecule has 2 aromatic carbocycles. The van der Waals surface area contributed by atoms with Crippen LogP contribution < -0.4 is 11.1 Å². The molecular weight excluding hydrogens is 314 g/mol. The molecular formula is C20H19N3O2. The van der Waals surface area contributed by atoms with Gasteiger partial charge in [0.1, 0.15) is 0 Å². The minimum Gasteiger partial charge on any atom is -0.366 e. The molecule has 4 N–H and O–H groups in total. The Labute approximate surface area is 145 Å². The maximum atomic E-state index is 11.5. The highest BCUT2D eigenvalue weighted by molar-refractivity contribution is 6.05. The zero-order chi connectivity index (χ0) is 17.8. The van der Waals surface area contributed by atoms with Crippen LogP contribution in [0.3, 0.4) is 0 Å². The first kappa shape index (κ1) is 16.5. The van der Waals surface area contributed by atoms with Gasteiger partial charge in [-0.3, -0.25) is 9.59 Å². The van der Waals surface area contributed by atoms with Crippen LogP contribution in [0.1, 0.15) is 21.5 Å². The van der Waals surface area contributed by atoms with Gasteiger partial charge in [0.05, 0.1) is 11.1 Å². The van der Waals surface area contributed by atoms with Crippen molar-refractivity contribution in [2.24, 2.45) is 5.73 Å². The molecule has 3 aromatic rings. The summed E-state index contributed by atoms with van der Waals surface area (Å²) in [6, 6.07) is 13.4. The van der Waals surface area contributed by atoms with E-state index in [0.29, 0.717) is 5.56 Å². The summed E-state index contributed by atoms with van der Waals surface area (Å²) < 4.78 is 0. The molecule has 5 heteroatoms. The molecule has 1 aromatic heterocycles. The van der Waals surface area contributed by atoms with Crippen LogP contribution in [0.5, 0.6) is 0 Å². The first-order valence-electron chi connectivity index (χ1n) is 7.99. The number of hydrogen-bond acceptors (Lipinski definition) is 2. The van der Waals surface area contributed by atoms with E-state index in [-0.39, 0.29) is 5.91 Å². The predicted molar refractivity (Wildman–Crippen MR) is 99.5 cm³/mol. The molecule has 0 radical (unpaired) electrons. The number of H-pyrrole nitrogens is 1. The van der Waals surface area contributed by atoms with Crippen LogP contribution in [0.25, 0.3) is 10.9 Å². The minimum absolute atomic E-state index is 0.228. The van der Waals surface area contributed by atoms with E-state index in [1.807, 2.05) is 42.6 Å². The molecule has 0 atom stereocenters. The van der Waals surface area contributed by atoms with Crippen molar-refractivity contribution in [2.75, 3.05) is 5.32 Å². The SMILES string of the molecule is C=CC(=O)Nc1cccc(CCc2ccc(C(N)=O)c3[nH]ccc23)c1. The van der Waals surface area contributed by atoms with Crippen molar-refractivity contribution < 1.29 is 9.59 Å². The van der Waals surface area contributed by atoms with Gasteiger partial charge in [-0.25, -0.2) is 0 Å². The summed E-state index contributed by atoms with van der Waals surface area (Å²) in [5, 5.41) is 3.77. The van der Waals surface area contributed by atoms with Crippen molar-refractivity contribution in [2.45, 2.75) is 12.8 Å². The van der Waals surface area contributed by atoms with Gasteiger partial charge >= 0.3 is 0 Å². The molecule has 2 amide bonds. The Morgan fingerprint density at radius 1 is 1.16 bits per heavy atom. The van der Waals surface area contributed by atoms with Crippen molar-refractivity contribution in [1.82, 2.24) is 4.98 Å². The molecule has 0 aliphatic carbocycles. The first-order chi connectivity index (χ1) is 12.1. The number of primary amides is 1. The number of aromatic nitrogens is 1. The standard InChI is InChI=1S/C20H19N3O2/c1-2-18(24)23-15-5-3-4-13(12-15)6-7-14-8-9-17(20(21)25)19-16(14)10-11-22-19/h2-5,8-12,22H,1,6-7H2,(H2,21,25)(H,23,24). The zero-order valence-corrected chi connectivity index (χ0v) is 13.7. The lowest BCUT2D eigenvalue weighted by atomic mass is 9.99. The number of aryl methyl sites for hydroxylation is 2. The summed E-state index contributed by atoms with van der Waals surface area (Å²) >= 11 is 0. The highest BCUT2D eigenvalue weighted by Crippen LogP contribution is 2.23. The van der Waals surface area contributed by atoms with Crippen LogP contribution in [0.4, 0.5) is 5.69 Å². The van der Waals surface area contributed by atoms with Gasteiger partial charge in [-0.15, -0.1) is 0 Å². The molecule has 25 heavy (non-hydrogen) atoms. The van der Waals surface area contributed by atoms with Crippen LogP contribution in [-0.4, -0.2) is 16.8 Å². The average Bonchev–Trinajstić information content (AvgIpc) is 3.09. The molecule has 5 nitrogen and oxygen atoms in total. The molecule has 3 rings (SSSR count). The number of carbonyl (C=O) groups excluding carboxylic acids is 2. The van der Waals surface area contributed by atoms with E-state index in [2.05, 4.69) is 16.9 Å². The van der Waals surface area contributed by atoms with Crippen LogP contribution >= 0.6 is 0 Å². The molecule has 0 saturated heterocycles. The topological polar surface area (TPSA) is 88.0 Å². The van der Waals surface area contributed by atoms with E-state index in [1.165, 1.54) is 6.08 Å². The molecule has 0 fully saturated rings. The van der Waals surface area contributed by atoms with Gasteiger partial charge in [-0.2, -0.15) is 0 Å². The third-order valence-corrected chi connectivity index (χ3v) is 4.14. The summed E-state index contributed by atoms with van der Waals surface area (Å²) in [6.07, 6.45) is 4.68. The van der Waals surface area contributed by atoms with Gasteiger partial charge in [0.25, 0.3) is 5.91 Å². The first-order valence-corrected chi connectivity index (χ1v) is 7.99. The number of fused-ring (bicyclic) bond motifs is 1. The minimum atomic E-state index is -0.440. The lowest BCUT2D eigenvalue weighted by Crippen LogP contribution is -2.11. The predicted octanol–water partition coefficient (Wildman–Crippen LogP) is 3.18. The number of benzene rings is 2. The molecule has 0 aliphatic rings. The van der Waals surface area contributed by atoms with Crippen LogP contribution in [0, 0.1) is 0 Å². The Kier molecular flexibility index (Phi) is 4.66. The normalized spacial score (nSPS) is 10.6. The number of amides is 2. The zero-order valence-electron chi connectivity index (χ0n) is 13.7. The number of aromatic amines is 1. The highest BCUT2D eigenvalue weighted by Gasteiger charge is 2.11. The molecule has 0 saturated carbocycles. The Morgan fingerprint density at radius 2 is 2.00 bits per heavy atom. The van der Waals surface area contributed by atoms with Crippen LogP contribution in [0.2, 0.25) is 0 Å². The fourth-order valence-electron chi connectivity index (χ4n) is 2.92. The van der Waals surface area contributed by atoms with Crippen molar-refractivity contribution in [3.63, 3.8) is 0 Å².